The van der Waals surface area contributed by atoms with Crippen LogP contribution in [0.3, 0.4) is 0 Å². The molecule has 19 heavy (non-hydrogen) atoms. The van der Waals surface area contributed by atoms with Crippen LogP contribution in [0.5, 0.6) is 0 Å². The summed E-state index contributed by atoms with van der Waals surface area (Å²) in [6.45, 7) is 4.22. The van der Waals surface area contributed by atoms with Crippen LogP contribution in [0.25, 0.3) is 5.65 Å². The molecule has 2 aromatic rings. The average Bonchev–Trinajstić information content (AvgIpc) is 2.67. The van der Waals surface area contributed by atoms with Crippen molar-refractivity contribution in [2.45, 2.75) is 19.6 Å². The van der Waals surface area contributed by atoms with Crippen molar-refractivity contribution in [3.63, 3.8) is 0 Å². The summed E-state index contributed by atoms with van der Waals surface area (Å²) in [7, 11) is 0. The number of fused-ring (bicyclic) bond motifs is 1. The molecule has 2 heterocycles. The maximum atomic E-state index is 11.2. The van der Waals surface area contributed by atoms with Crippen molar-refractivity contribution in [2.24, 2.45) is 0 Å². The van der Waals surface area contributed by atoms with Crippen LogP contribution < -0.4 is 0 Å². The zero-order valence-electron chi connectivity index (χ0n) is 10.9. The maximum Gasteiger partial charge on any atom is 0.315 e. The number of rotatable bonds is 5. The smallest absolute Gasteiger partial charge is 0.315 e. The Bertz CT molecular complexity index is 598. The summed E-state index contributed by atoms with van der Waals surface area (Å²) in [6.07, 6.45) is 1.85. The predicted octanol–water partition coefficient (Wildman–Crippen LogP) is 3.09. The van der Waals surface area contributed by atoms with Crippen molar-refractivity contribution in [1.82, 2.24) is 9.38 Å². The minimum atomic E-state index is -0.183. The molecule has 0 radical (unpaired) electrons. The normalized spacial score (nSPS) is 10.9. The summed E-state index contributed by atoms with van der Waals surface area (Å²) in [6, 6.07) is 3.70. The van der Waals surface area contributed by atoms with Crippen LogP contribution in [-0.4, -0.2) is 27.7 Å². The van der Waals surface area contributed by atoms with Gasteiger partial charge in [0, 0.05) is 17.6 Å². The van der Waals surface area contributed by atoms with Crippen molar-refractivity contribution < 1.29 is 9.53 Å². The van der Waals surface area contributed by atoms with E-state index in [0.29, 0.717) is 23.1 Å². The summed E-state index contributed by atoms with van der Waals surface area (Å²) in [5.41, 5.74) is 2.89. The number of nitrogens with zero attached hydrogens (tertiary/aromatic N) is 2. The predicted molar refractivity (Wildman–Crippen MR) is 77.7 cm³/mol. The van der Waals surface area contributed by atoms with E-state index in [9.17, 15) is 4.79 Å². The number of imidazole rings is 1. The Labute approximate surface area is 121 Å². The van der Waals surface area contributed by atoms with Crippen molar-refractivity contribution in [2.75, 3.05) is 12.4 Å². The first kappa shape index (κ1) is 14.2. The quantitative estimate of drug-likeness (QED) is 0.796. The number of esters is 1. The van der Waals surface area contributed by atoms with Gasteiger partial charge in [-0.05, 0) is 26.0 Å². The van der Waals surface area contributed by atoms with Crippen LogP contribution in [0.4, 0.5) is 0 Å². The van der Waals surface area contributed by atoms with Gasteiger partial charge in [0.2, 0.25) is 0 Å². The summed E-state index contributed by atoms with van der Waals surface area (Å²) in [5.74, 6) is 0.850. The van der Waals surface area contributed by atoms with Gasteiger partial charge in [-0.1, -0.05) is 11.6 Å². The lowest BCUT2D eigenvalue weighted by Crippen LogP contribution is -2.06. The van der Waals surface area contributed by atoms with Gasteiger partial charge in [-0.25, -0.2) is 4.98 Å². The third kappa shape index (κ3) is 3.42. The second-order valence-electron chi connectivity index (χ2n) is 4.02. The van der Waals surface area contributed by atoms with E-state index < -0.39 is 0 Å². The molecule has 0 N–H and O–H groups in total. The minimum absolute atomic E-state index is 0.183. The second-order valence-corrected chi connectivity index (χ2v) is 5.44. The van der Waals surface area contributed by atoms with E-state index >= 15 is 0 Å². The van der Waals surface area contributed by atoms with Gasteiger partial charge in [0.25, 0.3) is 0 Å². The first-order valence-electron chi connectivity index (χ1n) is 5.98. The Morgan fingerprint density at radius 1 is 1.53 bits per heavy atom. The molecular weight excluding hydrogens is 284 g/mol. The van der Waals surface area contributed by atoms with Crippen molar-refractivity contribution >= 4 is 35.0 Å². The number of aromatic nitrogens is 2. The highest BCUT2D eigenvalue weighted by Gasteiger charge is 2.10. The lowest BCUT2D eigenvalue weighted by Gasteiger charge is -2.01. The molecule has 0 amide bonds. The fourth-order valence-corrected chi connectivity index (χ4v) is 2.73. The largest absolute Gasteiger partial charge is 0.465 e. The summed E-state index contributed by atoms with van der Waals surface area (Å²) < 4.78 is 6.84. The van der Waals surface area contributed by atoms with E-state index in [1.165, 1.54) is 11.8 Å². The zero-order valence-corrected chi connectivity index (χ0v) is 12.4. The van der Waals surface area contributed by atoms with Crippen molar-refractivity contribution in [3.8, 4) is 0 Å². The number of thioether (sulfide) groups is 1. The highest BCUT2D eigenvalue weighted by Crippen LogP contribution is 2.19. The monoisotopic (exact) mass is 298 g/mol. The molecule has 0 aromatic carbocycles. The molecule has 0 spiro atoms. The molecule has 0 saturated carbocycles. The summed E-state index contributed by atoms with van der Waals surface area (Å²) in [5, 5.41) is 0.679. The van der Waals surface area contributed by atoms with E-state index in [1.807, 2.05) is 29.7 Å². The Balaban J connectivity index is 2.05. The van der Waals surface area contributed by atoms with E-state index in [2.05, 4.69) is 4.98 Å². The molecule has 0 aliphatic rings. The van der Waals surface area contributed by atoms with E-state index in [-0.39, 0.29) is 5.97 Å². The number of aryl methyl sites for hydroxylation is 1. The van der Waals surface area contributed by atoms with Gasteiger partial charge >= 0.3 is 5.97 Å². The van der Waals surface area contributed by atoms with Crippen molar-refractivity contribution in [1.29, 1.82) is 0 Å². The molecule has 0 fully saturated rings. The first-order chi connectivity index (χ1) is 9.11. The van der Waals surface area contributed by atoms with Crippen LogP contribution in [0.1, 0.15) is 18.3 Å². The highest BCUT2D eigenvalue weighted by atomic mass is 35.5. The number of carbonyl (C=O) groups excluding carboxylic acids is 1. The molecule has 102 valence electrons. The highest BCUT2D eigenvalue weighted by molar-refractivity contribution is 7.99. The van der Waals surface area contributed by atoms with E-state index in [4.69, 9.17) is 16.3 Å². The molecule has 4 nitrogen and oxygen atoms in total. The molecule has 0 aliphatic carbocycles. The SMILES string of the molecule is CCOC(=O)CSCc1nc2ccc(Cl)cn2c1C. The zero-order chi connectivity index (χ0) is 13.8. The average molecular weight is 299 g/mol. The van der Waals surface area contributed by atoms with Gasteiger partial charge in [-0.3, -0.25) is 4.79 Å². The number of hydrogen-bond donors (Lipinski definition) is 0. The Hall–Kier alpha value is -1.20. The molecule has 0 atom stereocenters. The molecule has 6 heteroatoms. The topological polar surface area (TPSA) is 43.6 Å². The van der Waals surface area contributed by atoms with Crippen LogP contribution in [0.2, 0.25) is 5.02 Å². The van der Waals surface area contributed by atoms with Gasteiger partial charge in [-0.15, -0.1) is 11.8 Å². The number of halogens is 1. The third-order valence-electron chi connectivity index (χ3n) is 2.68. The Morgan fingerprint density at radius 2 is 2.32 bits per heavy atom. The van der Waals surface area contributed by atoms with Gasteiger partial charge in [0.15, 0.2) is 0 Å². The number of carbonyl (C=O) groups is 1. The van der Waals surface area contributed by atoms with Gasteiger partial charge in [0.05, 0.1) is 23.1 Å². The van der Waals surface area contributed by atoms with Crippen LogP contribution in [0, 0.1) is 6.92 Å². The van der Waals surface area contributed by atoms with Gasteiger partial charge < -0.3 is 9.14 Å². The molecule has 0 saturated heterocycles. The van der Waals surface area contributed by atoms with Crippen LogP contribution >= 0.6 is 23.4 Å². The molecule has 0 bridgehead atoms. The van der Waals surface area contributed by atoms with E-state index in [0.717, 1.165) is 17.0 Å². The Kier molecular flexibility index (Phi) is 4.71. The van der Waals surface area contributed by atoms with Crippen molar-refractivity contribution in [3.05, 3.63) is 34.7 Å². The number of ether oxygens (including phenoxy) is 1. The fraction of sp³-hybridized carbons (Fsp3) is 0.385. The second kappa shape index (κ2) is 6.30. The lowest BCUT2D eigenvalue weighted by atomic mass is 10.4. The minimum Gasteiger partial charge on any atom is -0.465 e. The molecule has 2 aromatic heterocycles. The molecule has 2 rings (SSSR count). The van der Waals surface area contributed by atoms with E-state index in [1.54, 1.807) is 6.92 Å². The molecular formula is C13H15ClN2O2S. The third-order valence-corrected chi connectivity index (χ3v) is 3.82. The van der Waals surface area contributed by atoms with Gasteiger partial charge in [0.1, 0.15) is 5.65 Å². The maximum absolute atomic E-state index is 11.2. The van der Waals surface area contributed by atoms with Gasteiger partial charge in [-0.2, -0.15) is 0 Å². The first-order valence-corrected chi connectivity index (χ1v) is 7.51. The summed E-state index contributed by atoms with van der Waals surface area (Å²) in [4.78, 5) is 15.8. The van der Waals surface area contributed by atoms with Crippen LogP contribution in [-0.2, 0) is 15.3 Å². The standard InChI is InChI=1S/C13H15ClN2O2S/c1-3-18-13(17)8-19-7-11-9(2)16-6-10(14)4-5-12(16)15-11/h4-6H,3,7-8H2,1-2H3. The molecule has 0 unspecified atom stereocenters. The number of pyridine rings is 1. The Morgan fingerprint density at radius 3 is 3.05 bits per heavy atom. The number of hydrogen-bond acceptors (Lipinski definition) is 4. The summed E-state index contributed by atoms with van der Waals surface area (Å²) >= 11 is 7.47. The lowest BCUT2D eigenvalue weighted by molar-refractivity contribution is -0.139. The molecule has 0 aliphatic heterocycles. The fourth-order valence-electron chi connectivity index (χ4n) is 1.76. The van der Waals surface area contributed by atoms with Crippen LogP contribution in [0.15, 0.2) is 18.3 Å².